The summed E-state index contributed by atoms with van der Waals surface area (Å²) < 4.78 is 33.0. The van der Waals surface area contributed by atoms with Crippen molar-refractivity contribution >= 4 is 33.2 Å². The molecule has 0 bridgehead atoms. The van der Waals surface area contributed by atoms with Gasteiger partial charge in [-0.3, -0.25) is 9.52 Å². The number of hydrogen-bond donors (Lipinski definition) is 2. The Morgan fingerprint density at radius 1 is 1.22 bits per heavy atom. The van der Waals surface area contributed by atoms with Gasteiger partial charge in [-0.15, -0.1) is 0 Å². The normalized spacial score (nSPS) is 16.9. The fourth-order valence-electron chi connectivity index (χ4n) is 2.80. The molecule has 1 aliphatic rings. The van der Waals surface area contributed by atoms with Crippen molar-refractivity contribution in [3.05, 3.63) is 58.6 Å². The zero-order chi connectivity index (χ0) is 19.4. The van der Waals surface area contributed by atoms with Crippen LogP contribution in [0.5, 0.6) is 0 Å². The van der Waals surface area contributed by atoms with Gasteiger partial charge in [-0.25, -0.2) is 8.42 Å². The lowest BCUT2D eigenvalue weighted by Crippen LogP contribution is -2.32. The van der Waals surface area contributed by atoms with E-state index in [1.165, 1.54) is 30.3 Å². The second-order valence-corrected chi connectivity index (χ2v) is 8.55. The summed E-state index contributed by atoms with van der Waals surface area (Å²) in [6.45, 7) is 2.98. The van der Waals surface area contributed by atoms with Crippen LogP contribution in [-0.4, -0.2) is 33.6 Å². The standard InChI is InChI=1S/C19H21ClN2O4S/c1-13-4-7-16(8-5-13)27(24,25)22-14-6-9-18(20)17(11-14)19(23)21-12-15-3-2-10-26-15/h4-9,11,15,22H,2-3,10,12H2,1H3,(H,21,23)/t15-/m0/s1. The van der Waals surface area contributed by atoms with Crippen LogP contribution >= 0.6 is 11.6 Å². The van der Waals surface area contributed by atoms with Crippen molar-refractivity contribution in [1.29, 1.82) is 0 Å². The quantitative estimate of drug-likeness (QED) is 0.767. The SMILES string of the molecule is Cc1ccc(S(=O)(=O)Nc2ccc(Cl)c(C(=O)NC[C@@H]3CCCO3)c2)cc1. The lowest BCUT2D eigenvalue weighted by molar-refractivity contribution is 0.0858. The molecule has 0 spiro atoms. The van der Waals surface area contributed by atoms with Crippen LogP contribution in [0.1, 0.15) is 28.8 Å². The Kier molecular flexibility index (Phi) is 6.04. The minimum atomic E-state index is -3.76. The maximum absolute atomic E-state index is 12.5. The van der Waals surface area contributed by atoms with Crippen LogP contribution in [0.2, 0.25) is 5.02 Å². The van der Waals surface area contributed by atoms with Crippen LogP contribution in [0.3, 0.4) is 0 Å². The topological polar surface area (TPSA) is 84.5 Å². The maximum Gasteiger partial charge on any atom is 0.261 e. The molecule has 0 unspecified atom stereocenters. The molecule has 27 heavy (non-hydrogen) atoms. The first-order chi connectivity index (χ1) is 12.8. The lowest BCUT2D eigenvalue weighted by Gasteiger charge is -2.13. The number of anilines is 1. The second-order valence-electron chi connectivity index (χ2n) is 6.46. The molecule has 2 N–H and O–H groups in total. The fourth-order valence-corrected chi connectivity index (χ4v) is 4.05. The van der Waals surface area contributed by atoms with Gasteiger partial charge in [0.1, 0.15) is 0 Å². The van der Waals surface area contributed by atoms with Gasteiger partial charge in [0.25, 0.3) is 15.9 Å². The predicted molar refractivity (Wildman–Crippen MR) is 105 cm³/mol. The summed E-state index contributed by atoms with van der Waals surface area (Å²) in [6.07, 6.45) is 1.90. The van der Waals surface area contributed by atoms with Gasteiger partial charge >= 0.3 is 0 Å². The first kappa shape index (κ1) is 19.7. The van der Waals surface area contributed by atoms with Gasteiger partial charge in [-0.2, -0.15) is 0 Å². The summed E-state index contributed by atoms with van der Waals surface area (Å²) in [5, 5.41) is 3.03. The third-order valence-electron chi connectivity index (χ3n) is 4.31. The molecule has 1 aliphatic heterocycles. The van der Waals surface area contributed by atoms with Crippen molar-refractivity contribution in [2.24, 2.45) is 0 Å². The Balaban J connectivity index is 1.74. The van der Waals surface area contributed by atoms with Crippen molar-refractivity contribution in [1.82, 2.24) is 5.32 Å². The van der Waals surface area contributed by atoms with E-state index in [1.54, 1.807) is 12.1 Å². The van der Waals surface area contributed by atoms with Crippen molar-refractivity contribution < 1.29 is 17.9 Å². The van der Waals surface area contributed by atoms with Gasteiger partial charge in [0.2, 0.25) is 0 Å². The molecule has 0 aromatic heterocycles. The van der Waals surface area contributed by atoms with Crippen LogP contribution in [-0.2, 0) is 14.8 Å². The molecule has 6 nitrogen and oxygen atoms in total. The number of halogens is 1. The molecule has 1 saturated heterocycles. The van der Waals surface area contributed by atoms with Crippen LogP contribution in [0, 0.1) is 6.92 Å². The van der Waals surface area contributed by atoms with Gasteiger partial charge in [0, 0.05) is 18.8 Å². The second kappa shape index (κ2) is 8.29. The van der Waals surface area contributed by atoms with E-state index in [0.717, 1.165) is 18.4 Å². The largest absolute Gasteiger partial charge is 0.376 e. The zero-order valence-corrected chi connectivity index (χ0v) is 16.4. The molecular weight excluding hydrogens is 388 g/mol. The van der Waals surface area contributed by atoms with Gasteiger partial charge in [-0.05, 0) is 50.1 Å². The molecule has 8 heteroatoms. The van der Waals surface area contributed by atoms with Gasteiger partial charge < -0.3 is 10.1 Å². The number of ether oxygens (including phenoxy) is 1. The Bertz CT molecular complexity index is 923. The summed E-state index contributed by atoms with van der Waals surface area (Å²) in [6, 6.07) is 11.0. The molecule has 144 valence electrons. The van der Waals surface area contributed by atoms with E-state index in [1.807, 2.05) is 6.92 Å². The number of aryl methyl sites for hydroxylation is 1. The Hall–Kier alpha value is -2.09. The maximum atomic E-state index is 12.5. The smallest absolute Gasteiger partial charge is 0.261 e. The average molecular weight is 409 g/mol. The lowest BCUT2D eigenvalue weighted by atomic mass is 10.2. The van der Waals surface area contributed by atoms with E-state index in [2.05, 4.69) is 10.0 Å². The van der Waals surface area contributed by atoms with Crippen molar-refractivity contribution in [3.8, 4) is 0 Å². The number of amides is 1. The van der Waals surface area contributed by atoms with Crippen molar-refractivity contribution in [2.75, 3.05) is 17.9 Å². The molecule has 3 rings (SSSR count). The van der Waals surface area contributed by atoms with Crippen LogP contribution in [0.4, 0.5) is 5.69 Å². The minimum absolute atomic E-state index is 0.0101. The molecule has 2 aromatic carbocycles. The molecule has 1 atom stereocenters. The Morgan fingerprint density at radius 2 is 1.96 bits per heavy atom. The van der Waals surface area contributed by atoms with Gasteiger partial charge in [-0.1, -0.05) is 29.3 Å². The van der Waals surface area contributed by atoms with Gasteiger partial charge in [0.05, 0.1) is 21.6 Å². The van der Waals surface area contributed by atoms with E-state index in [-0.39, 0.29) is 33.2 Å². The molecule has 0 aliphatic carbocycles. The highest BCUT2D eigenvalue weighted by atomic mass is 35.5. The fraction of sp³-hybridized carbons (Fsp3) is 0.316. The van der Waals surface area contributed by atoms with Crippen molar-refractivity contribution in [3.63, 3.8) is 0 Å². The number of rotatable bonds is 6. The Morgan fingerprint density at radius 3 is 2.63 bits per heavy atom. The Labute approximate surface area is 163 Å². The van der Waals surface area contributed by atoms with E-state index in [4.69, 9.17) is 16.3 Å². The molecule has 0 saturated carbocycles. The first-order valence-corrected chi connectivity index (χ1v) is 10.5. The van der Waals surface area contributed by atoms with E-state index >= 15 is 0 Å². The number of benzene rings is 2. The third kappa shape index (κ3) is 5.00. The summed E-state index contributed by atoms with van der Waals surface area (Å²) in [5.74, 6) is -0.369. The molecule has 1 fully saturated rings. The molecule has 2 aromatic rings. The van der Waals surface area contributed by atoms with Crippen LogP contribution in [0.25, 0.3) is 0 Å². The number of sulfonamides is 1. The van der Waals surface area contributed by atoms with E-state index in [9.17, 15) is 13.2 Å². The number of carbonyl (C=O) groups excluding carboxylic acids is 1. The molecule has 0 radical (unpaired) electrons. The van der Waals surface area contributed by atoms with Crippen LogP contribution < -0.4 is 10.0 Å². The highest BCUT2D eigenvalue weighted by Crippen LogP contribution is 2.23. The van der Waals surface area contributed by atoms with Crippen molar-refractivity contribution in [2.45, 2.75) is 30.8 Å². The van der Waals surface area contributed by atoms with Gasteiger partial charge in [0.15, 0.2) is 0 Å². The summed E-state index contributed by atoms with van der Waals surface area (Å²) >= 11 is 6.12. The number of nitrogens with one attached hydrogen (secondary N) is 2. The summed E-state index contributed by atoms with van der Waals surface area (Å²) in [5.41, 5.74) is 1.44. The van der Waals surface area contributed by atoms with E-state index in [0.29, 0.717) is 13.2 Å². The number of hydrogen-bond acceptors (Lipinski definition) is 4. The first-order valence-electron chi connectivity index (χ1n) is 8.64. The van der Waals surface area contributed by atoms with Crippen LogP contribution in [0.15, 0.2) is 47.4 Å². The zero-order valence-electron chi connectivity index (χ0n) is 14.9. The molecule has 1 amide bonds. The molecule has 1 heterocycles. The average Bonchev–Trinajstić information content (AvgIpc) is 3.15. The monoisotopic (exact) mass is 408 g/mol. The van der Waals surface area contributed by atoms with E-state index < -0.39 is 10.0 Å². The highest BCUT2D eigenvalue weighted by Gasteiger charge is 2.19. The predicted octanol–water partition coefficient (Wildman–Crippen LogP) is 3.36. The molecular formula is C19H21ClN2O4S. The highest BCUT2D eigenvalue weighted by molar-refractivity contribution is 7.92. The summed E-state index contributed by atoms with van der Waals surface area (Å²) in [4.78, 5) is 12.6. The summed E-state index contributed by atoms with van der Waals surface area (Å²) in [7, 11) is -3.76. The third-order valence-corrected chi connectivity index (χ3v) is 6.04. The number of carbonyl (C=O) groups is 1. The minimum Gasteiger partial charge on any atom is -0.376 e.